The number of alkyl halides is 2. The molecule has 2 rings (SSSR count). The Balaban J connectivity index is 2.04. The average molecular weight is 381 g/mol. The summed E-state index contributed by atoms with van der Waals surface area (Å²) in [7, 11) is 1.63. The summed E-state index contributed by atoms with van der Waals surface area (Å²) in [6.07, 6.45) is 0. The smallest absolute Gasteiger partial charge is 0.387 e. The van der Waals surface area contributed by atoms with Crippen LogP contribution in [0.1, 0.15) is 29.6 Å². The van der Waals surface area contributed by atoms with Crippen molar-refractivity contribution < 1.29 is 22.7 Å². The highest BCUT2D eigenvalue weighted by Gasteiger charge is 2.16. The minimum atomic E-state index is -2.94. The number of halogens is 2. The third-order valence-corrected chi connectivity index (χ3v) is 3.83. The molecule has 148 valence electrons. The first-order chi connectivity index (χ1) is 12.9. The second-order valence-electron chi connectivity index (χ2n) is 5.77. The van der Waals surface area contributed by atoms with Gasteiger partial charge in [-0.15, -0.1) is 0 Å². The number of nitrogens with one attached hydrogen (secondary N) is 2. The second kappa shape index (κ2) is 9.80. The zero-order valence-electron chi connectivity index (χ0n) is 15.9. The maximum atomic E-state index is 12.8. The normalized spacial score (nSPS) is 11.6. The number of benzene rings is 1. The molecule has 27 heavy (non-hydrogen) atoms. The van der Waals surface area contributed by atoms with E-state index in [1.165, 1.54) is 0 Å². The Morgan fingerprint density at radius 1 is 1.19 bits per heavy atom. The summed E-state index contributed by atoms with van der Waals surface area (Å²) in [4.78, 5) is 4.15. The van der Waals surface area contributed by atoms with Gasteiger partial charge < -0.3 is 24.5 Å². The summed E-state index contributed by atoms with van der Waals surface area (Å²) in [6.45, 7) is 3.75. The van der Waals surface area contributed by atoms with Crippen molar-refractivity contribution in [3.8, 4) is 11.5 Å². The average Bonchev–Trinajstić information content (AvgIpc) is 2.94. The third-order valence-electron chi connectivity index (χ3n) is 3.83. The summed E-state index contributed by atoms with van der Waals surface area (Å²) < 4.78 is 41.1. The maximum absolute atomic E-state index is 12.8. The predicted molar refractivity (Wildman–Crippen MR) is 99.5 cm³/mol. The van der Waals surface area contributed by atoms with Gasteiger partial charge in [0, 0.05) is 31.3 Å². The molecule has 0 amide bonds. The van der Waals surface area contributed by atoms with Crippen molar-refractivity contribution in [3.63, 3.8) is 0 Å². The molecule has 0 aliphatic heterocycles. The fourth-order valence-corrected chi connectivity index (χ4v) is 2.63. The topological polar surface area (TPSA) is 68.0 Å². The minimum Gasteiger partial charge on any atom is -0.490 e. The van der Waals surface area contributed by atoms with E-state index in [2.05, 4.69) is 20.4 Å². The van der Waals surface area contributed by atoms with E-state index >= 15 is 0 Å². The molecule has 0 aliphatic rings. The second-order valence-corrected chi connectivity index (χ2v) is 5.77. The van der Waals surface area contributed by atoms with Crippen molar-refractivity contribution in [1.29, 1.82) is 0 Å². The summed E-state index contributed by atoms with van der Waals surface area (Å²) in [5.74, 6) is 2.52. The van der Waals surface area contributed by atoms with Crippen LogP contribution in [0.2, 0.25) is 0 Å². The van der Waals surface area contributed by atoms with Gasteiger partial charge in [0.05, 0.1) is 6.61 Å². The van der Waals surface area contributed by atoms with Gasteiger partial charge in [0.15, 0.2) is 17.5 Å². The van der Waals surface area contributed by atoms with Crippen molar-refractivity contribution in [3.05, 3.63) is 46.9 Å². The van der Waals surface area contributed by atoms with Crippen LogP contribution in [0.5, 0.6) is 11.5 Å². The monoisotopic (exact) mass is 381 g/mol. The summed E-state index contributed by atoms with van der Waals surface area (Å²) in [5.41, 5.74) is 1.56. The number of guanidine groups is 1. The van der Waals surface area contributed by atoms with Crippen molar-refractivity contribution in [2.24, 2.45) is 4.99 Å². The van der Waals surface area contributed by atoms with Crippen LogP contribution < -0.4 is 20.1 Å². The molecule has 0 aliphatic carbocycles. The van der Waals surface area contributed by atoms with E-state index in [1.807, 2.05) is 19.9 Å². The summed E-state index contributed by atoms with van der Waals surface area (Å²) in [6, 6.07) is 6.98. The molecule has 6 nitrogen and oxygen atoms in total. The summed E-state index contributed by atoms with van der Waals surface area (Å²) in [5, 5.41) is 6.26. The maximum Gasteiger partial charge on any atom is 0.387 e. The number of furan rings is 1. The number of hydrogen-bond acceptors (Lipinski definition) is 4. The molecular weight excluding hydrogens is 356 g/mol. The van der Waals surface area contributed by atoms with Gasteiger partial charge in [-0.1, -0.05) is 12.1 Å². The number of ether oxygens (including phenoxy) is 2. The highest BCUT2D eigenvalue weighted by molar-refractivity contribution is 5.79. The lowest BCUT2D eigenvalue weighted by molar-refractivity contribution is -0.0520. The number of nitrogens with zero attached hydrogens (tertiary/aromatic N) is 1. The van der Waals surface area contributed by atoms with Gasteiger partial charge in [0.25, 0.3) is 0 Å². The number of para-hydroxylation sites is 1. The molecule has 0 spiro atoms. The molecular formula is C19H25F2N3O3. The molecule has 1 aromatic heterocycles. The Bertz CT molecular complexity index is 776. The van der Waals surface area contributed by atoms with E-state index in [1.54, 1.807) is 32.2 Å². The highest BCUT2D eigenvalue weighted by atomic mass is 19.3. The minimum absolute atomic E-state index is 0.0265. The van der Waals surface area contributed by atoms with Crippen LogP contribution in [0.3, 0.4) is 0 Å². The van der Waals surface area contributed by atoms with E-state index in [4.69, 9.17) is 9.15 Å². The Kier molecular flexibility index (Phi) is 7.45. The first-order valence-corrected chi connectivity index (χ1v) is 8.64. The van der Waals surface area contributed by atoms with Crippen LogP contribution in [-0.2, 0) is 13.1 Å². The SMILES string of the molecule is CCOc1cccc(CNC(=NC)NCc2cc(C)oc2C)c1OC(F)F. The molecule has 2 aromatic rings. The van der Waals surface area contributed by atoms with Gasteiger partial charge in [0.1, 0.15) is 11.5 Å². The first kappa shape index (κ1) is 20.5. The van der Waals surface area contributed by atoms with Crippen LogP contribution >= 0.6 is 0 Å². The number of aryl methyl sites for hydroxylation is 2. The third kappa shape index (κ3) is 5.87. The molecule has 0 unspecified atom stereocenters. The van der Waals surface area contributed by atoms with Gasteiger partial charge >= 0.3 is 6.61 Å². The van der Waals surface area contributed by atoms with Gasteiger partial charge in [-0.05, 0) is 32.9 Å². The highest BCUT2D eigenvalue weighted by Crippen LogP contribution is 2.32. The van der Waals surface area contributed by atoms with Gasteiger partial charge in [-0.2, -0.15) is 8.78 Å². The van der Waals surface area contributed by atoms with E-state index in [9.17, 15) is 8.78 Å². The standard InChI is InChI=1S/C19H25F2N3O3/c1-5-25-16-8-6-7-14(17(16)27-18(20)21)10-23-19(22-4)24-11-15-9-12(2)26-13(15)3/h6-9,18H,5,10-11H2,1-4H3,(H2,22,23,24). The van der Waals surface area contributed by atoms with Crippen LogP contribution in [0.15, 0.2) is 33.7 Å². The Hall–Kier alpha value is -2.77. The summed E-state index contributed by atoms with van der Waals surface area (Å²) >= 11 is 0. The first-order valence-electron chi connectivity index (χ1n) is 8.64. The van der Waals surface area contributed by atoms with Crippen LogP contribution in [0, 0.1) is 13.8 Å². The van der Waals surface area contributed by atoms with Crippen molar-refractivity contribution in [2.45, 2.75) is 40.5 Å². The fourth-order valence-electron chi connectivity index (χ4n) is 2.63. The quantitative estimate of drug-likeness (QED) is 0.538. The lowest BCUT2D eigenvalue weighted by Gasteiger charge is -2.17. The fraction of sp³-hybridized carbons (Fsp3) is 0.421. The van der Waals surface area contributed by atoms with Crippen molar-refractivity contribution in [2.75, 3.05) is 13.7 Å². The lowest BCUT2D eigenvalue weighted by Crippen LogP contribution is -2.36. The molecule has 8 heteroatoms. The van der Waals surface area contributed by atoms with E-state index in [-0.39, 0.29) is 18.0 Å². The van der Waals surface area contributed by atoms with E-state index in [0.29, 0.717) is 24.7 Å². The Morgan fingerprint density at radius 3 is 2.44 bits per heavy atom. The van der Waals surface area contributed by atoms with Gasteiger partial charge in [0.2, 0.25) is 0 Å². The van der Waals surface area contributed by atoms with Crippen LogP contribution in [0.4, 0.5) is 8.78 Å². The largest absolute Gasteiger partial charge is 0.490 e. The Labute approximate surface area is 157 Å². The lowest BCUT2D eigenvalue weighted by atomic mass is 10.2. The molecule has 0 bridgehead atoms. The van der Waals surface area contributed by atoms with Crippen molar-refractivity contribution in [1.82, 2.24) is 10.6 Å². The zero-order valence-corrected chi connectivity index (χ0v) is 15.9. The molecule has 0 radical (unpaired) electrons. The molecule has 1 heterocycles. The predicted octanol–water partition coefficient (Wildman–Crippen LogP) is 3.76. The van der Waals surface area contributed by atoms with E-state index < -0.39 is 6.61 Å². The van der Waals surface area contributed by atoms with Crippen LogP contribution in [0.25, 0.3) is 0 Å². The van der Waals surface area contributed by atoms with Crippen molar-refractivity contribution >= 4 is 5.96 Å². The zero-order chi connectivity index (χ0) is 19.8. The molecule has 1 aromatic carbocycles. The molecule has 2 N–H and O–H groups in total. The number of rotatable bonds is 8. The number of aliphatic imine (C=N–C) groups is 1. The van der Waals surface area contributed by atoms with Gasteiger partial charge in [-0.3, -0.25) is 4.99 Å². The van der Waals surface area contributed by atoms with Gasteiger partial charge in [-0.25, -0.2) is 0 Å². The molecule has 0 saturated heterocycles. The Morgan fingerprint density at radius 2 is 1.89 bits per heavy atom. The molecule has 0 atom stereocenters. The molecule has 0 fully saturated rings. The van der Waals surface area contributed by atoms with E-state index in [0.717, 1.165) is 17.1 Å². The number of hydrogen-bond donors (Lipinski definition) is 2. The van der Waals surface area contributed by atoms with Crippen LogP contribution in [-0.4, -0.2) is 26.2 Å². The molecule has 0 saturated carbocycles.